The SMILES string of the molecule is CN(CCCCCC(=O)C1CCCCNC1=O)Cc1ccccc1. The van der Waals surface area contributed by atoms with Crippen molar-refractivity contribution in [3.8, 4) is 0 Å². The third kappa shape index (κ3) is 6.44. The van der Waals surface area contributed by atoms with Crippen molar-refractivity contribution in [2.75, 3.05) is 20.1 Å². The molecule has 1 unspecified atom stereocenters. The molecule has 4 heteroatoms. The lowest BCUT2D eigenvalue weighted by molar-refractivity contribution is -0.133. The lowest BCUT2D eigenvalue weighted by Gasteiger charge is -2.16. The van der Waals surface area contributed by atoms with Gasteiger partial charge in [0.2, 0.25) is 5.91 Å². The summed E-state index contributed by atoms with van der Waals surface area (Å²) in [6.07, 6.45) is 6.25. The molecule has 1 N–H and O–H groups in total. The molecule has 1 amide bonds. The zero-order valence-corrected chi connectivity index (χ0v) is 14.8. The molecule has 1 atom stereocenters. The molecule has 132 valence electrons. The minimum Gasteiger partial charge on any atom is -0.355 e. The minimum atomic E-state index is -0.395. The van der Waals surface area contributed by atoms with Crippen LogP contribution in [0.2, 0.25) is 0 Å². The maximum absolute atomic E-state index is 12.2. The quantitative estimate of drug-likeness (QED) is 0.559. The van der Waals surface area contributed by atoms with Crippen molar-refractivity contribution in [3.63, 3.8) is 0 Å². The van der Waals surface area contributed by atoms with Gasteiger partial charge in [0.05, 0.1) is 5.92 Å². The second-order valence-corrected chi connectivity index (χ2v) is 6.84. The number of carbonyl (C=O) groups is 2. The summed E-state index contributed by atoms with van der Waals surface area (Å²) in [5, 5.41) is 2.85. The molecule has 1 aliphatic rings. The van der Waals surface area contributed by atoms with Crippen molar-refractivity contribution in [1.82, 2.24) is 10.2 Å². The van der Waals surface area contributed by atoms with Crippen LogP contribution in [0.1, 0.15) is 50.5 Å². The van der Waals surface area contributed by atoms with E-state index in [1.807, 2.05) is 6.07 Å². The monoisotopic (exact) mass is 330 g/mol. The highest BCUT2D eigenvalue weighted by Crippen LogP contribution is 2.17. The van der Waals surface area contributed by atoms with E-state index in [1.165, 1.54) is 5.56 Å². The van der Waals surface area contributed by atoms with Crippen molar-refractivity contribution in [2.45, 2.75) is 51.5 Å². The lowest BCUT2D eigenvalue weighted by Crippen LogP contribution is -2.33. The van der Waals surface area contributed by atoms with E-state index in [4.69, 9.17) is 0 Å². The van der Waals surface area contributed by atoms with Gasteiger partial charge in [-0.1, -0.05) is 43.2 Å². The molecular weight excluding hydrogens is 300 g/mol. The van der Waals surface area contributed by atoms with Crippen LogP contribution in [-0.2, 0) is 16.1 Å². The van der Waals surface area contributed by atoms with Crippen molar-refractivity contribution < 1.29 is 9.59 Å². The summed E-state index contributed by atoms with van der Waals surface area (Å²) in [7, 11) is 2.13. The second kappa shape index (κ2) is 10.2. The second-order valence-electron chi connectivity index (χ2n) is 6.84. The molecule has 1 aliphatic heterocycles. The van der Waals surface area contributed by atoms with Crippen LogP contribution in [0.25, 0.3) is 0 Å². The number of ketones is 1. The number of Topliss-reactive ketones (excluding diaryl/α,β-unsaturated/α-hetero) is 1. The average molecular weight is 330 g/mol. The first-order valence-corrected chi connectivity index (χ1v) is 9.19. The van der Waals surface area contributed by atoms with Crippen molar-refractivity contribution >= 4 is 11.7 Å². The van der Waals surface area contributed by atoms with Crippen LogP contribution in [0.3, 0.4) is 0 Å². The van der Waals surface area contributed by atoms with E-state index in [0.717, 1.165) is 58.2 Å². The topological polar surface area (TPSA) is 49.4 Å². The summed E-state index contributed by atoms with van der Waals surface area (Å²) in [6, 6.07) is 10.5. The van der Waals surface area contributed by atoms with Crippen LogP contribution in [0.4, 0.5) is 0 Å². The number of rotatable bonds is 9. The molecule has 0 aromatic heterocycles. The standard InChI is InChI=1S/C20H30N2O2/c1-22(16-17-10-4-2-5-11-17)15-9-3-6-13-19(23)18-12-7-8-14-21-20(18)24/h2,4-5,10-11,18H,3,6-9,12-16H2,1H3,(H,21,24). The highest BCUT2D eigenvalue weighted by Gasteiger charge is 2.26. The fourth-order valence-electron chi connectivity index (χ4n) is 3.25. The zero-order chi connectivity index (χ0) is 17.2. The summed E-state index contributed by atoms with van der Waals surface area (Å²) in [6.45, 7) is 2.71. The number of hydrogen-bond acceptors (Lipinski definition) is 3. The van der Waals surface area contributed by atoms with Crippen LogP contribution >= 0.6 is 0 Å². The first-order valence-electron chi connectivity index (χ1n) is 9.19. The molecular formula is C20H30N2O2. The molecule has 1 fully saturated rings. The Morgan fingerprint density at radius 1 is 1.17 bits per heavy atom. The molecule has 1 aromatic carbocycles. The van der Waals surface area contributed by atoms with Crippen LogP contribution in [0.5, 0.6) is 0 Å². The van der Waals surface area contributed by atoms with Crippen LogP contribution < -0.4 is 5.32 Å². The van der Waals surface area contributed by atoms with Gasteiger partial charge < -0.3 is 10.2 Å². The molecule has 0 bridgehead atoms. The maximum Gasteiger partial charge on any atom is 0.230 e. The van der Waals surface area contributed by atoms with Gasteiger partial charge in [-0.15, -0.1) is 0 Å². The molecule has 0 spiro atoms. The van der Waals surface area contributed by atoms with Gasteiger partial charge in [0, 0.05) is 19.5 Å². The Kier molecular flexibility index (Phi) is 7.96. The third-order valence-electron chi connectivity index (χ3n) is 4.68. The molecule has 0 saturated carbocycles. The van der Waals surface area contributed by atoms with Gasteiger partial charge in [0.25, 0.3) is 0 Å². The van der Waals surface area contributed by atoms with E-state index >= 15 is 0 Å². The van der Waals surface area contributed by atoms with Crippen LogP contribution in [0.15, 0.2) is 30.3 Å². The van der Waals surface area contributed by atoms with Gasteiger partial charge in [0.15, 0.2) is 0 Å². The summed E-state index contributed by atoms with van der Waals surface area (Å²) in [5.41, 5.74) is 1.33. The first kappa shape index (κ1) is 18.7. The molecule has 4 nitrogen and oxygen atoms in total. The van der Waals surface area contributed by atoms with Gasteiger partial charge in [-0.2, -0.15) is 0 Å². The zero-order valence-electron chi connectivity index (χ0n) is 14.8. The van der Waals surface area contributed by atoms with E-state index in [-0.39, 0.29) is 11.7 Å². The molecule has 1 heterocycles. The Bertz CT molecular complexity index is 516. The number of nitrogens with one attached hydrogen (secondary N) is 1. The van der Waals surface area contributed by atoms with Crippen LogP contribution in [-0.4, -0.2) is 36.7 Å². The summed E-state index contributed by atoms with van der Waals surface area (Å²) in [4.78, 5) is 26.4. The smallest absolute Gasteiger partial charge is 0.230 e. The number of nitrogens with zero attached hydrogens (tertiary/aromatic N) is 1. The number of amides is 1. The van der Waals surface area contributed by atoms with Gasteiger partial charge in [0.1, 0.15) is 5.78 Å². The Balaban J connectivity index is 1.58. The number of carbonyl (C=O) groups excluding carboxylic acids is 2. The lowest BCUT2D eigenvalue weighted by atomic mass is 9.94. The van der Waals surface area contributed by atoms with Gasteiger partial charge >= 0.3 is 0 Å². The Morgan fingerprint density at radius 3 is 2.75 bits per heavy atom. The number of unbranched alkanes of at least 4 members (excludes halogenated alkanes) is 2. The van der Waals surface area contributed by atoms with E-state index < -0.39 is 5.92 Å². The van der Waals surface area contributed by atoms with Gasteiger partial charge in [-0.25, -0.2) is 0 Å². The first-order chi connectivity index (χ1) is 11.7. The molecule has 1 saturated heterocycles. The minimum absolute atomic E-state index is 0.0555. The molecule has 0 radical (unpaired) electrons. The molecule has 24 heavy (non-hydrogen) atoms. The molecule has 1 aromatic rings. The highest BCUT2D eigenvalue weighted by molar-refractivity contribution is 6.01. The van der Waals surface area contributed by atoms with E-state index in [0.29, 0.717) is 6.42 Å². The fraction of sp³-hybridized carbons (Fsp3) is 0.600. The summed E-state index contributed by atoms with van der Waals surface area (Å²) >= 11 is 0. The van der Waals surface area contributed by atoms with Crippen molar-refractivity contribution in [2.24, 2.45) is 5.92 Å². The maximum atomic E-state index is 12.2. The number of hydrogen-bond donors (Lipinski definition) is 1. The largest absolute Gasteiger partial charge is 0.355 e. The Morgan fingerprint density at radius 2 is 1.96 bits per heavy atom. The van der Waals surface area contributed by atoms with Crippen molar-refractivity contribution in [1.29, 1.82) is 0 Å². The fourth-order valence-corrected chi connectivity index (χ4v) is 3.25. The predicted octanol–water partition coefficient (Wildman–Crippen LogP) is 3.16. The van der Waals surface area contributed by atoms with Gasteiger partial charge in [-0.05, 0) is 44.8 Å². The van der Waals surface area contributed by atoms with E-state index in [1.54, 1.807) is 0 Å². The summed E-state index contributed by atoms with van der Waals surface area (Å²) in [5.74, 6) is -0.319. The third-order valence-corrected chi connectivity index (χ3v) is 4.68. The summed E-state index contributed by atoms with van der Waals surface area (Å²) < 4.78 is 0. The Labute approximate surface area is 145 Å². The average Bonchev–Trinajstić information content (AvgIpc) is 2.80. The Hall–Kier alpha value is -1.68. The van der Waals surface area contributed by atoms with Crippen molar-refractivity contribution in [3.05, 3.63) is 35.9 Å². The predicted molar refractivity (Wildman–Crippen MR) is 96.6 cm³/mol. The highest BCUT2D eigenvalue weighted by atomic mass is 16.2. The van der Waals surface area contributed by atoms with Gasteiger partial charge in [-0.3, -0.25) is 9.59 Å². The molecule has 2 rings (SSSR count). The van der Waals surface area contributed by atoms with Crippen LogP contribution in [0, 0.1) is 5.92 Å². The van der Waals surface area contributed by atoms with E-state index in [2.05, 4.69) is 41.5 Å². The van der Waals surface area contributed by atoms with E-state index in [9.17, 15) is 9.59 Å². The normalized spacial score (nSPS) is 18.2. The molecule has 0 aliphatic carbocycles. The number of benzene rings is 1.